The average molecular weight is 259 g/mol. The maximum Gasteiger partial charge on any atom is 0.303 e. The predicted octanol–water partition coefficient (Wildman–Crippen LogP) is 1.81. The highest BCUT2D eigenvalue weighted by Crippen LogP contribution is 2.06. The van der Waals surface area contributed by atoms with Crippen molar-refractivity contribution in [3.8, 4) is 0 Å². The van der Waals surface area contributed by atoms with Gasteiger partial charge in [0.05, 0.1) is 6.10 Å². The van der Waals surface area contributed by atoms with Crippen molar-refractivity contribution in [2.75, 3.05) is 13.2 Å². The number of amides is 1. The molecule has 5 heteroatoms. The molecule has 1 amide bonds. The van der Waals surface area contributed by atoms with Crippen LogP contribution in [0.15, 0.2) is 0 Å². The maximum atomic E-state index is 11.4. The molecule has 2 N–H and O–H groups in total. The summed E-state index contributed by atoms with van der Waals surface area (Å²) in [6, 6.07) is 0. The fourth-order valence-electron chi connectivity index (χ4n) is 1.53. The van der Waals surface area contributed by atoms with Crippen LogP contribution in [0.3, 0.4) is 0 Å². The summed E-state index contributed by atoms with van der Waals surface area (Å²) in [7, 11) is 0. The Labute approximate surface area is 109 Å². The number of unbranched alkanes of at least 4 members (excludes halogenated alkanes) is 1. The number of aliphatic carboxylic acids is 1. The van der Waals surface area contributed by atoms with E-state index < -0.39 is 5.97 Å². The van der Waals surface area contributed by atoms with Crippen LogP contribution < -0.4 is 5.32 Å². The first-order valence-corrected chi connectivity index (χ1v) is 6.52. The lowest BCUT2D eigenvalue weighted by molar-refractivity contribution is -0.138. The van der Waals surface area contributed by atoms with E-state index in [0.29, 0.717) is 13.2 Å². The van der Waals surface area contributed by atoms with Gasteiger partial charge in [0.25, 0.3) is 0 Å². The third kappa shape index (κ3) is 11.4. The zero-order chi connectivity index (χ0) is 14.0. The average Bonchev–Trinajstić information content (AvgIpc) is 2.21. The largest absolute Gasteiger partial charge is 0.481 e. The molecule has 5 nitrogen and oxygen atoms in total. The topological polar surface area (TPSA) is 75.6 Å². The summed E-state index contributed by atoms with van der Waals surface area (Å²) in [6.07, 6.45) is 2.36. The van der Waals surface area contributed by atoms with Gasteiger partial charge in [0.2, 0.25) is 5.91 Å². The van der Waals surface area contributed by atoms with Crippen molar-refractivity contribution < 1.29 is 19.4 Å². The van der Waals surface area contributed by atoms with Gasteiger partial charge >= 0.3 is 5.97 Å². The van der Waals surface area contributed by atoms with Gasteiger partial charge in [-0.05, 0) is 32.6 Å². The van der Waals surface area contributed by atoms with Gasteiger partial charge < -0.3 is 15.2 Å². The zero-order valence-corrected chi connectivity index (χ0v) is 11.6. The third-order valence-electron chi connectivity index (χ3n) is 2.40. The van der Waals surface area contributed by atoms with Gasteiger partial charge in [0.1, 0.15) is 0 Å². The Balaban J connectivity index is 3.45. The number of carbonyl (C=O) groups excluding carboxylic acids is 1. The molecule has 0 radical (unpaired) electrons. The van der Waals surface area contributed by atoms with Crippen LogP contribution in [0.25, 0.3) is 0 Å². The summed E-state index contributed by atoms with van der Waals surface area (Å²) in [6.45, 7) is 7.09. The number of carboxylic acid groups (broad SMARTS) is 1. The molecule has 18 heavy (non-hydrogen) atoms. The quantitative estimate of drug-likeness (QED) is 0.587. The SMILES string of the molecule is CC(CC(=O)O)CC(=O)NCCCCOC(C)C. The van der Waals surface area contributed by atoms with Crippen molar-refractivity contribution in [1.82, 2.24) is 5.32 Å². The van der Waals surface area contributed by atoms with Crippen LogP contribution in [0.1, 0.15) is 46.5 Å². The fourth-order valence-corrected chi connectivity index (χ4v) is 1.53. The van der Waals surface area contributed by atoms with E-state index in [1.54, 1.807) is 6.92 Å². The second-order valence-electron chi connectivity index (χ2n) is 4.88. The molecule has 0 aliphatic heterocycles. The van der Waals surface area contributed by atoms with Gasteiger partial charge in [-0.15, -0.1) is 0 Å². The molecule has 1 atom stereocenters. The van der Waals surface area contributed by atoms with Gasteiger partial charge in [-0.2, -0.15) is 0 Å². The van der Waals surface area contributed by atoms with Crippen molar-refractivity contribution in [3.63, 3.8) is 0 Å². The molecule has 0 saturated carbocycles. The molecule has 106 valence electrons. The lowest BCUT2D eigenvalue weighted by Crippen LogP contribution is -2.26. The van der Waals surface area contributed by atoms with Crippen molar-refractivity contribution in [2.45, 2.75) is 52.6 Å². The Morgan fingerprint density at radius 3 is 2.39 bits per heavy atom. The highest BCUT2D eigenvalue weighted by molar-refractivity contribution is 5.77. The minimum absolute atomic E-state index is 0.0373. The molecule has 0 aromatic rings. The van der Waals surface area contributed by atoms with Crippen molar-refractivity contribution >= 4 is 11.9 Å². The highest BCUT2D eigenvalue weighted by Gasteiger charge is 2.11. The van der Waals surface area contributed by atoms with Gasteiger partial charge in [-0.3, -0.25) is 9.59 Å². The smallest absolute Gasteiger partial charge is 0.303 e. The number of carbonyl (C=O) groups is 2. The van der Waals surface area contributed by atoms with E-state index >= 15 is 0 Å². The molecular formula is C13H25NO4. The summed E-state index contributed by atoms with van der Waals surface area (Å²) < 4.78 is 5.38. The molecule has 0 rings (SSSR count). The normalized spacial score (nSPS) is 12.4. The summed E-state index contributed by atoms with van der Waals surface area (Å²) in [5, 5.41) is 11.4. The number of rotatable bonds is 10. The predicted molar refractivity (Wildman–Crippen MR) is 69.4 cm³/mol. The molecule has 0 spiro atoms. The van der Waals surface area contributed by atoms with E-state index in [1.807, 2.05) is 13.8 Å². The summed E-state index contributed by atoms with van der Waals surface area (Å²) >= 11 is 0. The van der Waals surface area contributed by atoms with E-state index in [0.717, 1.165) is 12.8 Å². The number of nitrogens with one attached hydrogen (secondary N) is 1. The van der Waals surface area contributed by atoms with Crippen LogP contribution in [-0.2, 0) is 14.3 Å². The minimum atomic E-state index is -0.860. The van der Waals surface area contributed by atoms with E-state index in [1.165, 1.54) is 0 Å². The van der Waals surface area contributed by atoms with E-state index in [2.05, 4.69) is 5.32 Å². The van der Waals surface area contributed by atoms with Crippen molar-refractivity contribution in [3.05, 3.63) is 0 Å². The molecular weight excluding hydrogens is 234 g/mol. The summed E-state index contributed by atoms with van der Waals surface area (Å²) in [4.78, 5) is 21.9. The van der Waals surface area contributed by atoms with Gasteiger partial charge in [0.15, 0.2) is 0 Å². The maximum absolute atomic E-state index is 11.4. The third-order valence-corrected chi connectivity index (χ3v) is 2.40. The Kier molecular flexibility index (Phi) is 9.28. The lowest BCUT2D eigenvalue weighted by Gasteiger charge is -2.10. The van der Waals surface area contributed by atoms with Crippen LogP contribution in [-0.4, -0.2) is 36.2 Å². The fraction of sp³-hybridized carbons (Fsp3) is 0.846. The molecule has 0 aliphatic rings. The van der Waals surface area contributed by atoms with Gasteiger partial charge in [0, 0.05) is 26.0 Å². The van der Waals surface area contributed by atoms with Crippen LogP contribution in [0.2, 0.25) is 0 Å². The molecule has 0 aromatic carbocycles. The standard InChI is InChI=1S/C13H25NO4/c1-10(2)18-7-5-4-6-14-12(15)8-11(3)9-13(16)17/h10-11H,4-9H2,1-3H3,(H,14,15)(H,16,17). The minimum Gasteiger partial charge on any atom is -0.481 e. The van der Waals surface area contributed by atoms with Crippen LogP contribution >= 0.6 is 0 Å². The Morgan fingerprint density at radius 1 is 1.17 bits per heavy atom. The molecule has 1 unspecified atom stereocenters. The van der Waals surface area contributed by atoms with Crippen LogP contribution in [0.4, 0.5) is 0 Å². The second kappa shape index (κ2) is 9.88. The highest BCUT2D eigenvalue weighted by atomic mass is 16.5. The first-order valence-electron chi connectivity index (χ1n) is 6.52. The number of ether oxygens (including phenoxy) is 1. The van der Waals surface area contributed by atoms with Crippen molar-refractivity contribution in [1.29, 1.82) is 0 Å². The van der Waals surface area contributed by atoms with E-state index in [4.69, 9.17) is 9.84 Å². The lowest BCUT2D eigenvalue weighted by atomic mass is 10.0. The van der Waals surface area contributed by atoms with Crippen LogP contribution in [0, 0.1) is 5.92 Å². The molecule has 0 aliphatic carbocycles. The molecule has 0 bridgehead atoms. The second-order valence-corrected chi connectivity index (χ2v) is 4.88. The van der Waals surface area contributed by atoms with Crippen molar-refractivity contribution in [2.24, 2.45) is 5.92 Å². The Hall–Kier alpha value is -1.10. The number of hydrogen-bond acceptors (Lipinski definition) is 3. The molecule has 0 fully saturated rings. The summed E-state index contributed by atoms with van der Waals surface area (Å²) in [5.41, 5.74) is 0. The molecule has 0 aromatic heterocycles. The first kappa shape index (κ1) is 16.9. The molecule has 0 saturated heterocycles. The number of hydrogen-bond donors (Lipinski definition) is 2. The van der Waals surface area contributed by atoms with Gasteiger partial charge in [-0.1, -0.05) is 6.92 Å². The first-order chi connectivity index (χ1) is 8.41. The summed E-state index contributed by atoms with van der Waals surface area (Å²) in [5.74, 6) is -1.05. The van der Waals surface area contributed by atoms with E-state index in [-0.39, 0.29) is 30.8 Å². The molecule has 0 heterocycles. The Morgan fingerprint density at radius 2 is 1.83 bits per heavy atom. The van der Waals surface area contributed by atoms with E-state index in [9.17, 15) is 9.59 Å². The van der Waals surface area contributed by atoms with Gasteiger partial charge in [-0.25, -0.2) is 0 Å². The zero-order valence-electron chi connectivity index (χ0n) is 11.6. The number of carboxylic acids is 1. The van der Waals surface area contributed by atoms with Crippen LogP contribution in [0.5, 0.6) is 0 Å². The Bertz CT molecular complexity index is 253. The monoisotopic (exact) mass is 259 g/mol.